The molecule has 626 valence electrons. The third kappa shape index (κ3) is 71.2. The molecular weight excluding hydrogens is 1290 g/mol. The molecule has 0 bridgehead atoms. The Morgan fingerprint density at radius 3 is 0.505 bits per heavy atom. The molecular formula is C99H194O6. The van der Waals surface area contributed by atoms with E-state index in [4.69, 9.17) is 14.2 Å². The van der Waals surface area contributed by atoms with Crippen molar-refractivity contribution in [3.8, 4) is 0 Å². The summed E-state index contributed by atoms with van der Waals surface area (Å²) in [6, 6.07) is 0. The van der Waals surface area contributed by atoms with E-state index in [1.807, 2.05) is 0 Å². The SMILES string of the molecule is CCCCCCCCCCCCCCC(CC(CCCCCC)CCCCCCCC)C(=O)OCC(COC(=O)C(CCCCCCCCCCCCCC)CC(CCCCCC)CCCCCCCC)OC(=O)C(CCCCCCCCCCCCCC)CC(CCCCCC)CCCCCCCC. The van der Waals surface area contributed by atoms with Crippen LogP contribution in [0.5, 0.6) is 0 Å². The van der Waals surface area contributed by atoms with Crippen molar-refractivity contribution in [1.29, 1.82) is 0 Å². The number of ether oxygens (including phenoxy) is 3. The molecule has 105 heavy (non-hydrogen) atoms. The molecule has 0 aromatic rings. The molecule has 6 atom stereocenters. The van der Waals surface area contributed by atoms with E-state index < -0.39 is 6.10 Å². The van der Waals surface area contributed by atoms with Crippen molar-refractivity contribution < 1.29 is 28.6 Å². The Bertz CT molecular complexity index is 1630. The molecule has 0 saturated carbocycles. The number of carbonyl (C=O) groups excluding carboxylic acids is 3. The monoisotopic (exact) mass is 1480 g/mol. The van der Waals surface area contributed by atoms with E-state index in [0.717, 1.165) is 77.0 Å². The van der Waals surface area contributed by atoms with Crippen molar-refractivity contribution in [3.63, 3.8) is 0 Å². The number of hydrogen-bond acceptors (Lipinski definition) is 6. The van der Waals surface area contributed by atoms with Gasteiger partial charge in [0.25, 0.3) is 0 Å². The van der Waals surface area contributed by atoms with Gasteiger partial charge in [0.1, 0.15) is 13.2 Å². The minimum absolute atomic E-state index is 0.0452. The molecule has 0 amide bonds. The molecule has 0 spiro atoms. The Kier molecular flexibility index (Phi) is 83.6. The summed E-state index contributed by atoms with van der Waals surface area (Å²) in [4.78, 5) is 46.0. The maximum Gasteiger partial charge on any atom is 0.309 e. The summed E-state index contributed by atoms with van der Waals surface area (Å²) >= 11 is 0. The topological polar surface area (TPSA) is 78.9 Å². The van der Waals surface area contributed by atoms with Crippen LogP contribution in [0.1, 0.15) is 563 Å². The number of hydrogen-bond donors (Lipinski definition) is 0. The van der Waals surface area contributed by atoms with Crippen molar-refractivity contribution in [2.24, 2.45) is 35.5 Å². The van der Waals surface area contributed by atoms with Crippen LogP contribution in [0, 0.1) is 35.5 Å². The van der Waals surface area contributed by atoms with Crippen LogP contribution in [0.3, 0.4) is 0 Å². The van der Waals surface area contributed by atoms with Crippen LogP contribution in [-0.2, 0) is 28.6 Å². The van der Waals surface area contributed by atoms with Crippen LogP contribution < -0.4 is 0 Å². The first kappa shape index (κ1) is 103. The lowest BCUT2D eigenvalue weighted by Gasteiger charge is -2.27. The zero-order valence-corrected chi connectivity index (χ0v) is 73.6. The number of unbranched alkanes of at least 4 members (excludes halogenated alkanes) is 57. The van der Waals surface area contributed by atoms with Gasteiger partial charge >= 0.3 is 17.9 Å². The Balaban J connectivity index is 7.51. The first-order valence-corrected chi connectivity index (χ1v) is 49.2. The van der Waals surface area contributed by atoms with E-state index in [9.17, 15) is 0 Å². The van der Waals surface area contributed by atoms with Crippen LogP contribution >= 0.6 is 0 Å². The lowest BCUT2D eigenvalue weighted by molar-refractivity contribution is -0.173. The van der Waals surface area contributed by atoms with Crippen molar-refractivity contribution >= 4 is 17.9 Å². The third-order valence-electron chi connectivity index (χ3n) is 24.5. The highest BCUT2D eigenvalue weighted by molar-refractivity contribution is 5.74. The zero-order valence-electron chi connectivity index (χ0n) is 73.6. The van der Waals surface area contributed by atoms with E-state index in [2.05, 4.69) is 62.3 Å². The van der Waals surface area contributed by atoms with Gasteiger partial charge in [-0.15, -0.1) is 0 Å². The Morgan fingerprint density at radius 2 is 0.324 bits per heavy atom. The van der Waals surface area contributed by atoms with Crippen LogP contribution in [0.4, 0.5) is 0 Å². The van der Waals surface area contributed by atoms with Crippen LogP contribution in [0.25, 0.3) is 0 Å². The standard InChI is InChI=1S/C99H194O6/c1-10-19-28-37-43-46-49-52-55-58-64-73-82-93(85-90(76-67-34-25-16-7)79-70-61-40-31-22-13-4)97(100)103-88-96(105-99(102)95(84-75-66-60-57-54-51-48-45-39-30-21-12-3)87-92(78-69-36-27-18-9)81-72-63-42-33-24-15-6)89-104-98(101)94(83-74-65-59-56-53-50-47-44-38-29-20-11-2)86-91(77-68-35-26-17-8)80-71-62-41-32-23-14-5/h90-96H,10-89H2,1-9H3. The highest BCUT2D eigenvalue weighted by atomic mass is 16.6. The van der Waals surface area contributed by atoms with E-state index in [1.54, 1.807) is 0 Å². The lowest BCUT2D eigenvalue weighted by Crippen LogP contribution is -2.35. The molecule has 0 radical (unpaired) electrons. The second kappa shape index (κ2) is 84.9. The van der Waals surface area contributed by atoms with E-state index in [-0.39, 0.29) is 48.9 Å². The summed E-state index contributed by atoms with van der Waals surface area (Å²) in [6.45, 7) is 20.7. The number of rotatable bonds is 89. The zero-order chi connectivity index (χ0) is 76.5. The van der Waals surface area contributed by atoms with Gasteiger partial charge in [-0.3, -0.25) is 14.4 Å². The quantitative estimate of drug-likeness (QED) is 0.0343. The van der Waals surface area contributed by atoms with Gasteiger partial charge in [-0.2, -0.15) is 0 Å². The molecule has 6 nitrogen and oxygen atoms in total. The van der Waals surface area contributed by atoms with Gasteiger partial charge < -0.3 is 14.2 Å². The molecule has 0 aromatic heterocycles. The van der Waals surface area contributed by atoms with Gasteiger partial charge in [-0.05, 0) is 56.3 Å². The van der Waals surface area contributed by atoms with Crippen LogP contribution in [0.15, 0.2) is 0 Å². The highest BCUT2D eigenvalue weighted by Crippen LogP contribution is 2.34. The van der Waals surface area contributed by atoms with Crippen molar-refractivity contribution in [2.45, 2.75) is 569 Å². The molecule has 0 aliphatic heterocycles. The van der Waals surface area contributed by atoms with E-state index in [0.29, 0.717) is 17.8 Å². The Labute approximate surface area is 660 Å². The normalized spacial score (nSPS) is 13.8. The molecule has 6 heteroatoms. The van der Waals surface area contributed by atoms with Crippen molar-refractivity contribution in [2.75, 3.05) is 13.2 Å². The number of esters is 3. The number of carbonyl (C=O) groups is 3. The van der Waals surface area contributed by atoms with Gasteiger partial charge in [0.2, 0.25) is 0 Å². The largest absolute Gasteiger partial charge is 0.461 e. The average molecular weight is 1480 g/mol. The Morgan fingerprint density at radius 1 is 0.181 bits per heavy atom. The first-order valence-electron chi connectivity index (χ1n) is 49.2. The molecule has 0 saturated heterocycles. The average Bonchev–Trinajstić information content (AvgIpc) is 0.909. The van der Waals surface area contributed by atoms with Crippen LogP contribution in [0.2, 0.25) is 0 Å². The fourth-order valence-electron chi connectivity index (χ4n) is 17.2. The predicted molar refractivity (Wildman–Crippen MR) is 464 cm³/mol. The summed E-state index contributed by atoms with van der Waals surface area (Å²) in [5.41, 5.74) is 0. The predicted octanol–water partition coefficient (Wildman–Crippen LogP) is 34.3. The highest BCUT2D eigenvalue weighted by Gasteiger charge is 2.32. The molecule has 0 aliphatic carbocycles. The maximum absolute atomic E-state index is 15.5. The van der Waals surface area contributed by atoms with E-state index in [1.165, 1.54) is 424 Å². The smallest absolute Gasteiger partial charge is 0.309 e. The van der Waals surface area contributed by atoms with Gasteiger partial charge in [-0.25, -0.2) is 0 Å². The fourth-order valence-corrected chi connectivity index (χ4v) is 17.2. The van der Waals surface area contributed by atoms with E-state index >= 15 is 14.4 Å². The fraction of sp³-hybridized carbons (Fsp3) is 0.970. The van der Waals surface area contributed by atoms with Crippen molar-refractivity contribution in [1.82, 2.24) is 0 Å². The minimum atomic E-state index is -0.836. The van der Waals surface area contributed by atoms with Gasteiger partial charge in [-0.1, -0.05) is 525 Å². The lowest BCUT2D eigenvalue weighted by atomic mass is 9.84. The molecule has 0 N–H and O–H groups in total. The summed E-state index contributed by atoms with van der Waals surface area (Å²) in [5, 5.41) is 0. The molecule has 0 rings (SSSR count). The Hall–Kier alpha value is -1.59. The third-order valence-corrected chi connectivity index (χ3v) is 24.5. The van der Waals surface area contributed by atoms with Gasteiger partial charge in [0, 0.05) is 0 Å². The first-order chi connectivity index (χ1) is 51.7. The maximum atomic E-state index is 15.5. The molecule has 0 aliphatic rings. The molecule has 0 aromatic carbocycles. The van der Waals surface area contributed by atoms with Gasteiger partial charge in [0.05, 0.1) is 17.8 Å². The minimum Gasteiger partial charge on any atom is -0.461 e. The summed E-state index contributed by atoms with van der Waals surface area (Å²) in [7, 11) is 0. The molecule has 0 fully saturated rings. The molecule has 0 heterocycles. The summed E-state index contributed by atoms with van der Waals surface area (Å²) in [6.07, 6.45) is 96.3. The molecule has 6 unspecified atom stereocenters. The second-order valence-electron chi connectivity index (χ2n) is 35.0. The summed E-state index contributed by atoms with van der Waals surface area (Å²) < 4.78 is 20.3. The summed E-state index contributed by atoms with van der Waals surface area (Å²) in [5.74, 6) is 0.531. The van der Waals surface area contributed by atoms with Gasteiger partial charge in [0.15, 0.2) is 6.10 Å². The van der Waals surface area contributed by atoms with Crippen molar-refractivity contribution in [3.05, 3.63) is 0 Å². The second-order valence-corrected chi connectivity index (χ2v) is 35.0. The van der Waals surface area contributed by atoms with Crippen LogP contribution in [-0.4, -0.2) is 37.2 Å².